The van der Waals surface area contributed by atoms with Crippen molar-refractivity contribution in [1.82, 2.24) is 25.4 Å². The number of thioether (sulfide) groups is 1. The van der Waals surface area contributed by atoms with Crippen molar-refractivity contribution >= 4 is 27.7 Å². The predicted molar refractivity (Wildman–Crippen MR) is 84.4 cm³/mol. The summed E-state index contributed by atoms with van der Waals surface area (Å²) in [5, 5.41) is 13.6. The summed E-state index contributed by atoms with van der Waals surface area (Å²) in [5.74, 6) is 0.290. The highest BCUT2D eigenvalue weighted by molar-refractivity contribution is 7.99. The molecule has 0 saturated carbocycles. The molecule has 1 aliphatic heterocycles. The van der Waals surface area contributed by atoms with Crippen LogP contribution in [0.25, 0.3) is 0 Å². The molecule has 0 radical (unpaired) electrons. The van der Waals surface area contributed by atoms with E-state index in [4.69, 9.17) is 0 Å². The van der Waals surface area contributed by atoms with Crippen LogP contribution in [0.15, 0.2) is 40.4 Å². The lowest BCUT2D eigenvalue weighted by Gasteiger charge is -2.25. The number of fused-ring (bicyclic) bond motifs is 1. The smallest absolute Gasteiger partial charge is 0.241 e. The van der Waals surface area contributed by atoms with Crippen LogP contribution in [-0.2, 0) is 21.2 Å². The van der Waals surface area contributed by atoms with Crippen LogP contribution < -0.4 is 10.0 Å². The molecule has 0 aliphatic carbocycles. The third kappa shape index (κ3) is 3.71. The molecule has 1 aliphatic rings. The van der Waals surface area contributed by atoms with Gasteiger partial charge in [-0.05, 0) is 18.1 Å². The lowest BCUT2D eigenvalue weighted by molar-refractivity contribution is -0.122. The minimum Gasteiger partial charge on any atom is -0.354 e. The summed E-state index contributed by atoms with van der Waals surface area (Å²) in [7, 11) is -3.64. The summed E-state index contributed by atoms with van der Waals surface area (Å²) in [4.78, 5) is 12.4. The number of amides is 1. The fraction of sp³-hybridized carbons (Fsp3) is 0.308. The van der Waals surface area contributed by atoms with Gasteiger partial charge < -0.3 is 5.32 Å². The molecule has 23 heavy (non-hydrogen) atoms. The summed E-state index contributed by atoms with van der Waals surface area (Å²) in [6.07, 6.45) is 1.94. The quantitative estimate of drug-likeness (QED) is 0.511. The lowest BCUT2D eigenvalue weighted by atomic mass is 10.1. The Kier molecular flexibility index (Phi) is 4.64. The Balaban J connectivity index is 1.56. The van der Waals surface area contributed by atoms with Crippen molar-refractivity contribution in [1.29, 1.82) is 0 Å². The summed E-state index contributed by atoms with van der Waals surface area (Å²) >= 11 is 1.45. The second-order valence-electron chi connectivity index (χ2n) is 4.93. The highest BCUT2D eigenvalue weighted by atomic mass is 32.2. The molecule has 1 amide bonds. The van der Waals surface area contributed by atoms with Gasteiger partial charge in [0.1, 0.15) is 11.1 Å². The topological polar surface area (TPSA) is 117 Å². The van der Waals surface area contributed by atoms with Gasteiger partial charge in [-0.1, -0.05) is 18.2 Å². The van der Waals surface area contributed by atoms with Crippen molar-refractivity contribution in [3.8, 4) is 0 Å². The molecule has 0 bridgehead atoms. The van der Waals surface area contributed by atoms with Crippen molar-refractivity contribution in [3.05, 3.63) is 36.0 Å². The number of aromatic nitrogens is 3. The highest BCUT2D eigenvalue weighted by Gasteiger charge is 2.32. The lowest BCUT2D eigenvalue weighted by Crippen LogP contribution is -2.50. The number of carbonyl (C=O) groups is 1. The van der Waals surface area contributed by atoms with E-state index >= 15 is 0 Å². The Morgan fingerprint density at radius 3 is 3.00 bits per heavy atom. The summed E-state index contributed by atoms with van der Waals surface area (Å²) in [6, 6.07) is 5.92. The average molecular weight is 353 g/mol. The number of sulfonamides is 1. The first-order chi connectivity index (χ1) is 11.1. The van der Waals surface area contributed by atoms with Gasteiger partial charge in [0.2, 0.25) is 15.9 Å². The molecule has 2 heterocycles. The normalized spacial score (nSPS) is 19.0. The van der Waals surface area contributed by atoms with Crippen LogP contribution in [-0.4, -0.2) is 48.1 Å². The van der Waals surface area contributed by atoms with Crippen LogP contribution in [0.2, 0.25) is 0 Å². The third-order valence-electron chi connectivity index (χ3n) is 3.34. The molecule has 2 aromatic rings. The SMILES string of the molecule is O=C(NCCSc1cn[nH]n1)C1Cc2ccccc2S(=O)(=O)N1. The molecule has 1 aromatic heterocycles. The maximum atomic E-state index is 12.2. The molecule has 122 valence electrons. The van der Waals surface area contributed by atoms with Gasteiger partial charge in [0.05, 0.1) is 11.1 Å². The van der Waals surface area contributed by atoms with Gasteiger partial charge in [-0.15, -0.1) is 16.9 Å². The van der Waals surface area contributed by atoms with E-state index in [0.717, 1.165) is 5.03 Å². The molecule has 8 nitrogen and oxygen atoms in total. The third-order valence-corrected chi connectivity index (χ3v) is 5.82. The van der Waals surface area contributed by atoms with Crippen LogP contribution in [0.1, 0.15) is 5.56 Å². The van der Waals surface area contributed by atoms with Crippen molar-refractivity contribution in [3.63, 3.8) is 0 Å². The zero-order valence-electron chi connectivity index (χ0n) is 12.0. The number of benzene rings is 1. The van der Waals surface area contributed by atoms with E-state index in [2.05, 4.69) is 25.4 Å². The second-order valence-corrected chi connectivity index (χ2v) is 7.73. The van der Waals surface area contributed by atoms with Gasteiger partial charge in [-0.2, -0.15) is 15.0 Å². The predicted octanol–water partition coefficient (Wildman–Crippen LogP) is -0.0838. The Morgan fingerprint density at radius 2 is 2.22 bits per heavy atom. The maximum Gasteiger partial charge on any atom is 0.241 e. The molecule has 10 heteroatoms. The Hall–Kier alpha value is -1.91. The fourth-order valence-electron chi connectivity index (χ4n) is 2.31. The van der Waals surface area contributed by atoms with E-state index in [1.54, 1.807) is 30.5 Å². The maximum absolute atomic E-state index is 12.2. The number of nitrogens with one attached hydrogen (secondary N) is 3. The van der Waals surface area contributed by atoms with Gasteiger partial charge in [0.15, 0.2) is 0 Å². The number of hydrogen-bond donors (Lipinski definition) is 3. The Morgan fingerprint density at radius 1 is 1.39 bits per heavy atom. The summed E-state index contributed by atoms with van der Waals surface area (Å²) < 4.78 is 26.7. The molecular formula is C13H15N5O3S2. The van der Waals surface area contributed by atoms with Crippen LogP contribution in [0.3, 0.4) is 0 Å². The van der Waals surface area contributed by atoms with Crippen molar-refractivity contribution in [2.75, 3.05) is 12.3 Å². The van der Waals surface area contributed by atoms with Gasteiger partial charge in [0.25, 0.3) is 0 Å². The van der Waals surface area contributed by atoms with E-state index in [0.29, 0.717) is 24.3 Å². The van der Waals surface area contributed by atoms with Crippen LogP contribution in [0.5, 0.6) is 0 Å². The molecule has 1 aromatic carbocycles. The second kappa shape index (κ2) is 6.69. The molecule has 0 fully saturated rings. The fourth-order valence-corrected chi connectivity index (χ4v) is 4.40. The summed E-state index contributed by atoms with van der Waals surface area (Å²) in [6.45, 7) is 0.413. The van der Waals surface area contributed by atoms with Crippen molar-refractivity contribution in [2.45, 2.75) is 22.4 Å². The number of H-pyrrole nitrogens is 1. The van der Waals surface area contributed by atoms with E-state index in [9.17, 15) is 13.2 Å². The first kappa shape index (κ1) is 16.0. The Bertz CT molecular complexity index is 792. The van der Waals surface area contributed by atoms with E-state index in [1.807, 2.05) is 0 Å². The molecule has 3 rings (SSSR count). The van der Waals surface area contributed by atoms with Crippen LogP contribution in [0, 0.1) is 0 Å². The molecule has 3 N–H and O–H groups in total. The van der Waals surface area contributed by atoms with Crippen LogP contribution in [0.4, 0.5) is 0 Å². The van der Waals surface area contributed by atoms with Gasteiger partial charge in [-0.3, -0.25) is 4.79 Å². The van der Waals surface area contributed by atoms with Gasteiger partial charge >= 0.3 is 0 Å². The number of carbonyl (C=O) groups excluding carboxylic acids is 1. The first-order valence-electron chi connectivity index (χ1n) is 6.93. The Labute approximate surface area is 137 Å². The minimum atomic E-state index is -3.64. The average Bonchev–Trinajstić information content (AvgIpc) is 3.04. The number of rotatable bonds is 5. The van der Waals surface area contributed by atoms with Gasteiger partial charge in [-0.25, -0.2) is 8.42 Å². The zero-order valence-corrected chi connectivity index (χ0v) is 13.7. The standard InChI is InChI=1S/C13H15N5O3S2/c19-13(14-5-6-22-12-8-15-18-16-12)10-7-9-3-1-2-4-11(9)23(20,21)17-10/h1-4,8,10,17H,5-7H2,(H,14,19)(H,15,16,18). The number of hydrogen-bond acceptors (Lipinski definition) is 6. The van der Waals surface area contributed by atoms with Crippen molar-refractivity contribution < 1.29 is 13.2 Å². The molecular weight excluding hydrogens is 338 g/mol. The van der Waals surface area contributed by atoms with E-state index in [1.165, 1.54) is 11.8 Å². The zero-order chi connectivity index (χ0) is 16.3. The number of nitrogens with zero attached hydrogens (tertiary/aromatic N) is 2. The molecule has 0 spiro atoms. The van der Waals surface area contributed by atoms with E-state index < -0.39 is 16.1 Å². The monoisotopic (exact) mass is 353 g/mol. The largest absolute Gasteiger partial charge is 0.354 e. The summed E-state index contributed by atoms with van der Waals surface area (Å²) in [5.41, 5.74) is 0.656. The molecule has 0 saturated heterocycles. The highest BCUT2D eigenvalue weighted by Crippen LogP contribution is 2.22. The molecule has 1 atom stereocenters. The molecule has 1 unspecified atom stereocenters. The van der Waals surface area contributed by atoms with Gasteiger partial charge in [0, 0.05) is 12.3 Å². The van der Waals surface area contributed by atoms with E-state index in [-0.39, 0.29) is 10.8 Å². The first-order valence-corrected chi connectivity index (χ1v) is 9.40. The van der Waals surface area contributed by atoms with Crippen molar-refractivity contribution in [2.24, 2.45) is 0 Å². The number of aromatic amines is 1. The minimum absolute atomic E-state index is 0.241. The van der Waals surface area contributed by atoms with Crippen LogP contribution >= 0.6 is 11.8 Å².